The van der Waals surface area contributed by atoms with Crippen molar-refractivity contribution in [2.45, 2.75) is 0 Å². The van der Waals surface area contributed by atoms with E-state index >= 15 is 0 Å². The van der Waals surface area contributed by atoms with Crippen LogP contribution in [-0.2, 0) is 0 Å². The Bertz CT molecular complexity index is 570. The van der Waals surface area contributed by atoms with Gasteiger partial charge in [-0.3, -0.25) is 5.43 Å². The number of nitrogens with one attached hydrogen (secondary N) is 1. The van der Waals surface area contributed by atoms with Crippen LogP contribution in [0.15, 0.2) is 62.6 Å². The van der Waals surface area contributed by atoms with Crippen LogP contribution in [0.2, 0.25) is 0 Å². The second-order valence-corrected chi connectivity index (χ2v) is 5.63. The van der Waals surface area contributed by atoms with E-state index in [9.17, 15) is 0 Å². The lowest BCUT2D eigenvalue weighted by molar-refractivity contribution is 1.33. The number of hydrogen-bond acceptors (Lipinski definition) is 2. The minimum Gasteiger partial charge on any atom is -0.276 e. The SMILES string of the molecule is ClC(=NNc1ccc(Br)cc1Br)c1ccccc1. The van der Waals surface area contributed by atoms with Gasteiger partial charge in [-0.25, -0.2) is 0 Å². The molecule has 0 unspecified atom stereocenters. The molecule has 2 rings (SSSR count). The summed E-state index contributed by atoms with van der Waals surface area (Å²) < 4.78 is 1.91. The van der Waals surface area contributed by atoms with Crippen LogP contribution in [0.5, 0.6) is 0 Å². The van der Waals surface area contributed by atoms with Crippen LogP contribution in [0.4, 0.5) is 5.69 Å². The van der Waals surface area contributed by atoms with Gasteiger partial charge in [0.2, 0.25) is 0 Å². The van der Waals surface area contributed by atoms with E-state index in [2.05, 4.69) is 42.4 Å². The Balaban J connectivity index is 2.15. The van der Waals surface area contributed by atoms with Crippen LogP contribution < -0.4 is 5.43 Å². The molecule has 0 fully saturated rings. The summed E-state index contributed by atoms with van der Waals surface area (Å²) in [5.41, 5.74) is 4.66. The summed E-state index contributed by atoms with van der Waals surface area (Å²) in [6, 6.07) is 15.4. The first-order valence-electron chi connectivity index (χ1n) is 5.16. The lowest BCUT2D eigenvalue weighted by Crippen LogP contribution is -1.97. The summed E-state index contributed by atoms with van der Waals surface area (Å²) in [4.78, 5) is 0. The summed E-state index contributed by atoms with van der Waals surface area (Å²) in [5, 5.41) is 4.56. The molecule has 0 aliphatic carbocycles. The highest BCUT2D eigenvalue weighted by molar-refractivity contribution is 9.11. The first-order valence-corrected chi connectivity index (χ1v) is 7.13. The molecule has 0 heterocycles. The monoisotopic (exact) mass is 386 g/mol. The zero-order valence-electron chi connectivity index (χ0n) is 9.20. The van der Waals surface area contributed by atoms with Crippen molar-refractivity contribution in [3.63, 3.8) is 0 Å². The number of benzene rings is 2. The minimum atomic E-state index is 0.422. The molecule has 0 saturated heterocycles. The normalized spacial score (nSPS) is 11.4. The molecule has 5 heteroatoms. The van der Waals surface area contributed by atoms with Gasteiger partial charge in [-0.1, -0.05) is 57.9 Å². The van der Waals surface area contributed by atoms with Gasteiger partial charge in [-0.2, -0.15) is 5.10 Å². The lowest BCUT2D eigenvalue weighted by atomic mass is 10.2. The number of nitrogens with zero attached hydrogens (tertiary/aromatic N) is 1. The Morgan fingerprint density at radius 2 is 1.78 bits per heavy atom. The van der Waals surface area contributed by atoms with E-state index < -0.39 is 0 Å². The Morgan fingerprint density at radius 3 is 2.44 bits per heavy atom. The smallest absolute Gasteiger partial charge is 0.156 e. The lowest BCUT2D eigenvalue weighted by Gasteiger charge is -2.05. The van der Waals surface area contributed by atoms with Crippen molar-refractivity contribution in [2.75, 3.05) is 5.43 Å². The fourth-order valence-electron chi connectivity index (χ4n) is 1.33. The summed E-state index contributed by atoms with van der Waals surface area (Å²) in [7, 11) is 0. The molecule has 92 valence electrons. The predicted octanol–water partition coefficient (Wildman–Crippen LogP) is 5.22. The van der Waals surface area contributed by atoms with Gasteiger partial charge < -0.3 is 0 Å². The van der Waals surface area contributed by atoms with Crippen molar-refractivity contribution in [3.05, 3.63) is 63.0 Å². The molecule has 0 radical (unpaired) electrons. The maximum Gasteiger partial charge on any atom is 0.156 e. The number of halogens is 3. The molecule has 0 spiro atoms. The van der Waals surface area contributed by atoms with Crippen LogP contribution in [0.25, 0.3) is 0 Å². The quantitative estimate of drug-likeness (QED) is 0.565. The molecule has 0 amide bonds. The molecule has 0 aliphatic heterocycles. The van der Waals surface area contributed by atoms with Crippen molar-refractivity contribution in [1.82, 2.24) is 0 Å². The Morgan fingerprint density at radius 1 is 1.06 bits per heavy atom. The van der Waals surface area contributed by atoms with Crippen molar-refractivity contribution in [2.24, 2.45) is 5.10 Å². The minimum absolute atomic E-state index is 0.422. The van der Waals surface area contributed by atoms with Crippen molar-refractivity contribution in [3.8, 4) is 0 Å². The zero-order chi connectivity index (χ0) is 13.0. The third-order valence-electron chi connectivity index (χ3n) is 2.22. The maximum atomic E-state index is 6.10. The van der Waals surface area contributed by atoms with E-state index in [0.29, 0.717) is 5.17 Å². The molecular weight excluding hydrogens is 379 g/mol. The summed E-state index contributed by atoms with van der Waals surface area (Å²) in [5.74, 6) is 0. The molecule has 2 aromatic carbocycles. The maximum absolute atomic E-state index is 6.10. The summed E-state index contributed by atoms with van der Waals surface area (Å²) >= 11 is 12.9. The van der Waals surface area contributed by atoms with Gasteiger partial charge in [0.15, 0.2) is 5.17 Å². The molecule has 0 atom stereocenters. The first-order chi connectivity index (χ1) is 8.66. The first kappa shape index (κ1) is 13.6. The van der Waals surface area contributed by atoms with E-state index in [1.165, 1.54) is 0 Å². The van der Waals surface area contributed by atoms with Gasteiger partial charge >= 0.3 is 0 Å². The number of hydrazone groups is 1. The predicted molar refractivity (Wildman–Crippen MR) is 84.3 cm³/mol. The average Bonchev–Trinajstić information content (AvgIpc) is 2.38. The molecule has 2 nitrogen and oxygen atoms in total. The highest BCUT2D eigenvalue weighted by Gasteiger charge is 2.01. The van der Waals surface area contributed by atoms with E-state index in [1.54, 1.807) is 0 Å². The summed E-state index contributed by atoms with van der Waals surface area (Å²) in [6.07, 6.45) is 0. The molecule has 0 aromatic heterocycles. The molecule has 0 bridgehead atoms. The summed E-state index contributed by atoms with van der Waals surface area (Å²) in [6.45, 7) is 0. The Hall–Kier alpha value is -0.840. The Kier molecular flexibility index (Phi) is 4.80. The zero-order valence-corrected chi connectivity index (χ0v) is 13.1. The van der Waals surface area contributed by atoms with Crippen LogP contribution in [-0.4, -0.2) is 5.17 Å². The third kappa shape index (κ3) is 3.57. The molecular formula is C13H9Br2ClN2. The molecule has 18 heavy (non-hydrogen) atoms. The van der Waals surface area contributed by atoms with Crippen LogP contribution >= 0.6 is 43.5 Å². The average molecular weight is 388 g/mol. The molecule has 0 saturated carbocycles. The fourth-order valence-corrected chi connectivity index (χ4v) is 2.63. The van der Waals surface area contributed by atoms with Gasteiger partial charge in [0.25, 0.3) is 0 Å². The molecule has 2 aromatic rings. The second kappa shape index (κ2) is 6.36. The number of anilines is 1. The standard InChI is InChI=1S/C13H9Br2ClN2/c14-10-6-7-12(11(15)8-10)17-18-13(16)9-4-2-1-3-5-9/h1-8,17H. The van der Waals surface area contributed by atoms with E-state index in [0.717, 1.165) is 20.2 Å². The number of hydrogen-bond donors (Lipinski definition) is 1. The van der Waals surface area contributed by atoms with Crippen molar-refractivity contribution in [1.29, 1.82) is 0 Å². The molecule has 1 N–H and O–H groups in total. The largest absolute Gasteiger partial charge is 0.276 e. The van der Waals surface area contributed by atoms with E-state index in [4.69, 9.17) is 11.6 Å². The second-order valence-electron chi connectivity index (χ2n) is 3.50. The van der Waals surface area contributed by atoms with Crippen molar-refractivity contribution < 1.29 is 0 Å². The van der Waals surface area contributed by atoms with Crippen LogP contribution in [0.3, 0.4) is 0 Å². The number of rotatable bonds is 3. The highest BCUT2D eigenvalue weighted by atomic mass is 79.9. The fraction of sp³-hybridized carbons (Fsp3) is 0. The highest BCUT2D eigenvalue weighted by Crippen LogP contribution is 2.26. The van der Waals surface area contributed by atoms with Gasteiger partial charge in [-0.15, -0.1) is 0 Å². The third-order valence-corrected chi connectivity index (χ3v) is 3.67. The van der Waals surface area contributed by atoms with Gasteiger partial charge in [0.1, 0.15) is 0 Å². The molecule has 0 aliphatic rings. The van der Waals surface area contributed by atoms with E-state index in [1.807, 2.05) is 48.5 Å². The van der Waals surface area contributed by atoms with Crippen LogP contribution in [0, 0.1) is 0 Å². The topological polar surface area (TPSA) is 24.4 Å². The van der Waals surface area contributed by atoms with Gasteiger partial charge in [0.05, 0.1) is 5.69 Å². The Labute approximate surface area is 127 Å². The van der Waals surface area contributed by atoms with Gasteiger partial charge in [0, 0.05) is 14.5 Å². The van der Waals surface area contributed by atoms with Crippen molar-refractivity contribution >= 4 is 54.3 Å². The van der Waals surface area contributed by atoms with E-state index in [-0.39, 0.29) is 0 Å². The van der Waals surface area contributed by atoms with Crippen LogP contribution in [0.1, 0.15) is 5.56 Å². The van der Waals surface area contributed by atoms with Gasteiger partial charge in [-0.05, 0) is 34.1 Å².